The van der Waals surface area contributed by atoms with Gasteiger partial charge in [0, 0.05) is 45.8 Å². The maximum Gasteiger partial charge on any atom is 0.257 e. The summed E-state index contributed by atoms with van der Waals surface area (Å²) in [5.41, 5.74) is -0.389. The number of rotatable bonds is 8. The first-order valence-corrected chi connectivity index (χ1v) is 11.3. The zero-order chi connectivity index (χ0) is 22.7. The lowest BCUT2D eigenvalue weighted by molar-refractivity contribution is -0.131. The van der Waals surface area contributed by atoms with Gasteiger partial charge in [-0.05, 0) is 43.7 Å². The number of likely N-dealkylation sites (tertiary alicyclic amines) is 1. The Balaban J connectivity index is 1.43. The summed E-state index contributed by atoms with van der Waals surface area (Å²) in [6.45, 7) is 2.59. The molecule has 0 spiro atoms. The molecule has 2 heterocycles. The van der Waals surface area contributed by atoms with Gasteiger partial charge in [0.05, 0.1) is 11.7 Å². The van der Waals surface area contributed by atoms with E-state index in [1.165, 1.54) is 17.0 Å². The molecule has 3 fully saturated rings. The summed E-state index contributed by atoms with van der Waals surface area (Å²) < 4.78 is 33.9. The van der Waals surface area contributed by atoms with E-state index in [-0.39, 0.29) is 30.5 Å². The first-order valence-electron chi connectivity index (χ1n) is 11.3. The molecule has 1 aliphatic carbocycles. The van der Waals surface area contributed by atoms with Gasteiger partial charge in [0.15, 0.2) is 11.6 Å². The molecule has 2 saturated heterocycles. The van der Waals surface area contributed by atoms with E-state index in [1.54, 1.807) is 4.90 Å². The highest BCUT2D eigenvalue weighted by Gasteiger charge is 2.34. The van der Waals surface area contributed by atoms with Crippen molar-refractivity contribution in [1.29, 1.82) is 0 Å². The van der Waals surface area contributed by atoms with Crippen LogP contribution in [0.25, 0.3) is 0 Å². The molecule has 1 saturated carbocycles. The second-order valence-electron chi connectivity index (χ2n) is 8.86. The van der Waals surface area contributed by atoms with Crippen LogP contribution in [0.3, 0.4) is 0 Å². The molecule has 3 aliphatic rings. The zero-order valence-electron chi connectivity index (χ0n) is 18.1. The summed E-state index contributed by atoms with van der Waals surface area (Å²) >= 11 is 0. The van der Waals surface area contributed by atoms with Crippen LogP contribution in [0.2, 0.25) is 0 Å². The Bertz CT molecular complexity index is 877. The van der Waals surface area contributed by atoms with Crippen LogP contribution in [0.15, 0.2) is 18.2 Å². The summed E-state index contributed by atoms with van der Waals surface area (Å²) in [6.07, 6.45) is 3.89. The Morgan fingerprint density at radius 3 is 2.56 bits per heavy atom. The quantitative estimate of drug-likeness (QED) is 0.609. The van der Waals surface area contributed by atoms with Gasteiger partial charge in [-0.2, -0.15) is 0 Å². The van der Waals surface area contributed by atoms with Crippen LogP contribution >= 0.6 is 0 Å². The number of carbonyl (C=O) groups excluding carboxylic acids is 3. The molecule has 0 unspecified atom stereocenters. The highest BCUT2D eigenvalue weighted by Crippen LogP contribution is 2.29. The van der Waals surface area contributed by atoms with Gasteiger partial charge in [0.25, 0.3) is 5.91 Å². The van der Waals surface area contributed by atoms with Crippen molar-refractivity contribution in [1.82, 2.24) is 14.7 Å². The van der Waals surface area contributed by atoms with Crippen molar-refractivity contribution in [3.05, 3.63) is 35.4 Å². The average Bonchev–Trinajstić information content (AvgIpc) is 3.54. The largest absolute Gasteiger partial charge is 0.374 e. The number of hydrogen-bond donors (Lipinski definition) is 0. The lowest BCUT2D eigenvalue weighted by Gasteiger charge is -2.25. The van der Waals surface area contributed by atoms with Crippen LogP contribution in [0.1, 0.15) is 42.5 Å². The van der Waals surface area contributed by atoms with E-state index in [2.05, 4.69) is 0 Å². The summed E-state index contributed by atoms with van der Waals surface area (Å²) in [6, 6.07) is 3.45. The van der Waals surface area contributed by atoms with Crippen LogP contribution in [-0.4, -0.2) is 84.4 Å². The highest BCUT2D eigenvalue weighted by atomic mass is 19.2. The van der Waals surface area contributed by atoms with E-state index < -0.39 is 23.6 Å². The summed E-state index contributed by atoms with van der Waals surface area (Å²) in [5, 5.41) is 0. The van der Waals surface area contributed by atoms with E-state index in [4.69, 9.17) is 4.74 Å². The molecule has 7 nitrogen and oxygen atoms in total. The smallest absolute Gasteiger partial charge is 0.257 e. The number of nitrogens with zero attached hydrogens (tertiary/aromatic N) is 3. The third kappa shape index (κ3) is 5.43. The fourth-order valence-corrected chi connectivity index (χ4v) is 4.24. The van der Waals surface area contributed by atoms with Gasteiger partial charge in [-0.3, -0.25) is 14.4 Å². The molecule has 0 radical (unpaired) electrons. The Morgan fingerprint density at radius 2 is 1.84 bits per heavy atom. The van der Waals surface area contributed by atoms with Gasteiger partial charge >= 0.3 is 0 Å². The van der Waals surface area contributed by atoms with E-state index in [0.29, 0.717) is 45.0 Å². The van der Waals surface area contributed by atoms with Crippen LogP contribution < -0.4 is 0 Å². The number of halogens is 2. The van der Waals surface area contributed by atoms with E-state index in [9.17, 15) is 23.2 Å². The number of carbonyl (C=O) groups is 3. The number of ether oxygens (including phenoxy) is 1. The Kier molecular flexibility index (Phi) is 7.03. The molecule has 174 valence electrons. The molecule has 3 amide bonds. The van der Waals surface area contributed by atoms with Gasteiger partial charge in [-0.25, -0.2) is 8.78 Å². The molecule has 1 aromatic rings. The predicted octanol–water partition coefficient (Wildman–Crippen LogP) is 2.06. The SMILES string of the molecule is O=C1CCCN1CCCN1C[C@H](OCC2CC2)CN(C(=O)c2cccc(F)c2F)CC1=O. The lowest BCUT2D eigenvalue weighted by Crippen LogP contribution is -2.40. The summed E-state index contributed by atoms with van der Waals surface area (Å²) in [4.78, 5) is 42.4. The second-order valence-corrected chi connectivity index (χ2v) is 8.86. The third-order valence-corrected chi connectivity index (χ3v) is 6.29. The van der Waals surface area contributed by atoms with Crippen molar-refractivity contribution >= 4 is 17.7 Å². The highest BCUT2D eigenvalue weighted by molar-refractivity contribution is 5.97. The molecule has 0 aromatic heterocycles. The van der Waals surface area contributed by atoms with Crippen molar-refractivity contribution < 1.29 is 27.9 Å². The van der Waals surface area contributed by atoms with E-state index >= 15 is 0 Å². The third-order valence-electron chi connectivity index (χ3n) is 6.29. The van der Waals surface area contributed by atoms with E-state index in [1.807, 2.05) is 4.90 Å². The fourth-order valence-electron chi connectivity index (χ4n) is 4.24. The van der Waals surface area contributed by atoms with E-state index in [0.717, 1.165) is 31.9 Å². The number of benzene rings is 1. The second kappa shape index (κ2) is 9.94. The standard InChI is InChI=1S/C23H29F2N3O4/c24-19-5-1-4-18(22(19)25)23(31)28-13-17(32-15-16-7-8-16)12-27(21(30)14-28)11-3-10-26-9-2-6-20(26)29/h1,4-5,16-17H,2-3,6-15H2/t17-/m0/s1. The van der Waals surface area contributed by atoms with Crippen LogP contribution in [-0.2, 0) is 14.3 Å². The van der Waals surface area contributed by atoms with Gasteiger partial charge < -0.3 is 19.4 Å². The minimum absolute atomic E-state index is 0.133. The van der Waals surface area contributed by atoms with Crippen molar-refractivity contribution in [2.24, 2.45) is 5.92 Å². The van der Waals surface area contributed by atoms with Gasteiger partial charge in [0.2, 0.25) is 11.8 Å². The van der Waals surface area contributed by atoms with Crippen molar-refractivity contribution in [3.63, 3.8) is 0 Å². The van der Waals surface area contributed by atoms with Crippen LogP contribution in [0.5, 0.6) is 0 Å². The normalized spacial score (nSPS) is 21.9. The molecule has 0 N–H and O–H groups in total. The Labute approximate surface area is 186 Å². The van der Waals surface area contributed by atoms with Gasteiger partial charge in [-0.1, -0.05) is 6.07 Å². The molecule has 1 atom stereocenters. The van der Waals surface area contributed by atoms with Crippen molar-refractivity contribution in [3.8, 4) is 0 Å². The van der Waals surface area contributed by atoms with Gasteiger partial charge in [-0.15, -0.1) is 0 Å². The van der Waals surface area contributed by atoms with Crippen molar-refractivity contribution in [2.45, 2.75) is 38.2 Å². The topological polar surface area (TPSA) is 70.2 Å². The molecule has 32 heavy (non-hydrogen) atoms. The zero-order valence-corrected chi connectivity index (χ0v) is 18.1. The molecule has 9 heteroatoms. The Hall–Kier alpha value is -2.55. The molecule has 4 rings (SSSR count). The maximum absolute atomic E-state index is 14.2. The number of amides is 3. The predicted molar refractivity (Wildman–Crippen MR) is 112 cm³/mol. The molecule has 0 bridgehead atoms. The first kappa shape index (κ1) is 22.6. The van der Waals surface area contributed by atoms with Crippen molar-refractivity contribution in [2.75, 3.05) is 45.9 Å². The minimum Gasteiger partial charge on any atom is -0.374 e. The fraction of sp³-hybridized carbons (Fsp3) is 0.609. The minimum atomic E-state index is -1.21. The van der Waals surface area contributed by atoms with Crippen LogP contribution in [0.4, 0.5) is 8.78 Å². The maximum atomic E-state index is 14.2. The first-order chi connectivity index (χ1) is 15.4. The molecule has 1 aromatic carbocycles. The summed E-state index contributed by atoms with van der Waals surface area (Å²) in [5.74, 6) is -2.64. The monoisotopic (exact) mass is 449 g/mol. The molecular weight excluding hydrogens is 420 g/mol. The van der Waals surface area contributed by atoms with Crippen LogP contribution in [0, 0.1) is 17.6 Å². The Morgan fingerprint density at radius 1 is 1.06 bits per heavy atom. The molecule has 2 aliphatic heterocycles. The number of hydrogen-bond acceptors (Lipinski definition) is 4. The molecular formula is C23H29F2N3O4. The average molecular weight is 449 g/mol. The lowest BCUT2D eigenvalue weighted by atomic mass is 10.1. The van der Waals surface area contributed by atoms with Gasteiger partial charge in [0.1, 0.15) is 6.54 Å². The summed E-state index contributed by atoms with van der Waals surface area (Å²) in [7, 11) is 0.